The molecule has 0 radical (unpaired) electrons. The highest BCUT2D eigenvalue weighted by atomic mass is 35.5. The molecule has 0 aromatic heterocycles. The lowest BCUT2D eigenvalue weighted by Crippen LogP contribution is -2.48. The molecule has 0 aliphatic carbocycles. The van der Waals surface area contributed by atoms with E-state index in [0.717, 1.165) is 31.8 Å². The Morgan fingerprint density at radius 2 is 1.58 bits per heavy atom. The lowest BCUT2D eigenvalue weighted by atomic mass is 10.3. The minimum Gasteiger partial charge on any atom is -0.494 e. The van der Waals surface area contributed by atoms with E-state index in [1.807, 2.05) is 30.3 Å². The van der Waals surface area contributed by atoms with E-state index in [0.29, 0.717) is 19.7 Å². The molecule has 26 heavy (non-hydrogen) atoms. The topological polar surface area (TPSA) is 49.9 Å². The minimum absolute atomic E-state index is 0.186. The molecular formula is C19H23ClN2O3S. The van der Waals surface area contributed by atoms with Crippen molar-refractivity contribution in [2.45, 2.75) is 11.3 Å². The van der Waals surface area contributed by atoms with Gasteiger partial charge in [0, 0.05) is 32.7 Å². The number of nitrogens with zero attached hydrogens (tertiary/aromatic N) is 2. The zero-order valence-electron chi connectivity index (χ0n) is 14.6. The smallest absolute Gasteiger partial charge is 0.244 e. The Morgan fingerprint density at radius 1 is 0.923 bits per heavy atom. The number of para-hydroxylation sites is 1. The van der Waals surface area contributed by atoms with Crippen LogP contribution in [0.4, 0.5) is 0 Å². The normalized spacial score (nSPS) is 16.5. The van der Waals surface area contributed by atoms with Gasteiger partial charge in [0.1, 0.15) is 10.6 Å². The van der Waals surface area contributed by atoms with E-state index in [1.54, 1.807) is 24.3 Å². The van der Waals surface area contributed by atoms with Crippen LogP contribution in [0.25, 0.3) is 0 Å². The molecule has 0 saturated carbocycles. The number of ether oxygens (including phenoxy) is 1. The molecule has 0 unspecified atom stereocenters. The van der Waals surface area contributed by atoms with Crippen molar-refractivity contribution < 1.29 is 13.2 Å². The second-order valence-electron chi connectivity index (χ2n) is 6.19. The third kappa shape index (κ3) is 4.76. The first-order valence-corrected chi connectivity index (χ1v) is 10.5. The highest BCUT2D eigenvalue weighted by Crippen LogP contribution is 2.25. The van der Waals surface area contributed by atoms with Crippen molar-refractivity contribution in [3.63, 3.8) is 0 Å². The molecule has 1 aliphatic rings. The van der Waals surface area contributed by atoms with Gasteiger partial charge in [-0.05, 0) is 30.7 Å². The Kier molecular flexibility index (Phi) is 6.53. The van der Waals surface area contributed by atoms with Crippen molar-refractivity contribution in [2.75, 3.05) is 39.3 Å². The summed E-state index contributed by atoms with van der Waals surface area (Å²) in [6, 6.07) is 16.3. The van der Waals surface area contributed by atoms with Crippen LogP contribution >= 0.6 is 11.6 Å². The molecule has 0 N–H and O–H groups in total. The molecule has 3 rings (SSSR count). The Bertz CT molecular complexity index is 807. The van der Waals surface area contributed by atoms with Crippen molar-refractivity contribution >= 4 is 21.6 Å². The first-order chi connectivity index (χ1) is 12.6. The van der Waals surface area contributed by atoms with E-state index in [1.165, 1.54) is 4.31 Å². The average molecular weight is 395 g/mol. The minimum atomic E-state index is -3.53. The van der Waals surface area contributed by atoms with Crippen LogP contribution in [0.3, 0.4) is 0 Å². The molecule has 1 saturated heterocycles. The summed E-state index contributed by atoms with van der Waals surface area (Å²) in [5.41, 5.74) is 0. The van der Waals surface area contributed by atoms with Crippen molar-refractivity contribution in [3.8, 4) is 5.75 Å². The van der Waals surface area contributed by atoms with Gasteiger partial charge in [-0.1, -0.05) is 41.9 Å². The molecule has 5 nitrogen and oxygen atoms in total. The van der Waals surface area contributed by atoms with Crippen LogP contribution in [0.1, 0.15) is 6.42 Å². The summed E-state index contributed by atoms with van der Waals surface area (Å²) in [6.45, 7) is 3.94. The van der Waals surface area contributed by atoms with Gasteiger partial charge in [0.25, 0.3) is 0 Å². The van der Waals surface area contributed by atoms with Gasteiger partial charge >= 0.3 is 0 Å². The third-order valence-electron chi connectivity index (χ3n) is 4.42. The molecule has 1 aliphatic heterocycles. The molecule has 2 aromatic rings. The van der Waals surface area contributed by atoms with Gasteiger partial charge in [-0.15, -0.1) is 0 Å². The molecular weight excluding hydrogens is 372 g/mol. The largest absolute Gasteiger partial charge is 0.494 e. The molecule has 0 spiro atoms. The monoisotopic (exact) mass is 394 g/mol. The predicted molar refractivity (Wildman–Crippen MR) is 103 cm³/mol. The van der Waals surface area contributed by atoms with E-state index in [9.17, 15) is 8.42 Å². The summed E-state index contributed by atoms with van der Waals surface area (Å²) in [5, 5.41) is 0.271. The van der Waals surface area contributed by atoms with Crippen LogP contribution in [0.15, 0.2) is 59.5 Å². The summed E-state index contributed by atoms with van der Waals surface area (Å²) in [6.07, 6.45) is 0.909. The van der Waals surface area contributed by atoms with E-state index < -0.39 is 10.0 Å². The van der Waals surface area contributed by atoms with E-state index in [4.69, 9.17) is 16.3 Å². The van der Waals surface area contributed by atoms with Crippen LogP contribution in [0.2, 0.25) is 5.02 Å². The van der Waals surface area contributed by atoms with Crippen molar-refractivity contribution in [1.29, 1.82) is 0 Å². The first-order valence-electron chi connectivity index (χ1n) is 8.72. The second-order valence-corrected chi connectivity index (χ2v) is 8.50. The van der Waals surface area contributed by atoms with Crippen LogP contribution < -0.4 is 4.74 Å². The van der Waals surface area contributed by atoms with Crippen LogP contribution in [-0.4, -0.2) is 57.0 Å². The molecule has 1 heterocycles. The Labute approximate surface area is 160 Å². The van der Waals surface area contributed by atoms with Crippen molar-refractivity contribution in [3.05, 3.63) is 59.6 Å². The number of hydrogen-bond acceptors (Lipinski definition) is 4. The number of sulfonamides is 1. The van der Waals surface area contributed by atoms with Gasteiger partial charge in [0.2, 0.25) is 10.0 Å². The molecule has 0 atom stereocenters. The van der Waals surface area contributed by atoms with Crippen molar-refractivity contribution in [2.24, 2.45) is 0 Å². The Balaban J connectivity index is 1.45. The standard InChI is InChI=1S/C19H23ClN2O3S/c20-18-9-4-5-10-19(18)26(23,24)22-14-12-21(13-15-22)11-6-16-25-17-7-2-1-3-8-17/h1-5,7-10H,6,11-16H2. The fourth-order valence-electron chi connectivity index (χ4n) is 2.98. The zero-order valence-corrected chi connectivity index (χ0v) is 16.1. The maximum atomic E-state index is 12.7. The molecule has 7 heteroatoms. The highest BCUT2D eigenvalue weighted by Gasteiger charge is 2.29. The lowest BCUT2D eigenvalue weighted by molar-refractivity contribution is 0.174. The lowest BCUT2D eigenvalue weighted by Gasteiger charge is -2.34. The van der Waals surface area contributed by atoms with E-state index >= 15 is 0 Å². The van der Waals surface area contributed by atoms with E-state index in [2.05, 4.69) is 4.90 Å². The van der Waals surface area contributed by atoms with Gasteiger partial charge in [0.05, 0.1) is 11.6 Å². The zero-order chi connectivity index (χ0) is 18.4. The summed E-state index contributed by atoms with van der Waals surface area (Å²) in [5.74, 6) is 0.878. The summed E-state index contributed by atoms with van der Waals surface area (Å²) < 4.78 is 32.7. The molecule has 1 fully saturated rings. The van der Waals surface area contributed by atoms with E-state index in [-0.39, 0.29) is 9.92 Å². The van der Waals surface area contributed by atoms with Crippen LogP contribution in [0.5, 0.6) is 5.75 Å². The molecule has 0 amide bonds. The van der Waals surface area contributed by atoms with Gasteiger partial charge in [0.15, 0.2) is 0 Å². The quantitative estimate of drug-likeness (QED) is 0.677. The molecule has 140 valence electrons. The fourth-order valence-corrected chi connectivity index (χ4v) is 4.90. The number of benzene rings is 2. The second kappa shape index (κ2) is 8.86. The number of rotatable bonds is 7. The number of halogens is 1. The maximum Gasteiger partial charge on any atom is 0.244 e. The van der Waals surface area contributed by atoms with Crippen LogP contribution in [0, 0.1) is 0 Å². The van der Waals surface area contributed by atoms with Gasteiger partial charge < -0.3 is 9.64 Å². The number of hydrogen-bond donors (Lipinski definition) is 0. The molecule has 2 aromatic carbocycles. The maximum absolute atomic E-state index is 12.7. The van der Waals surface area contributed by atoms with Gasteiger partial charge in [-0.3, -0.25) is 0 Å². The number of piperazine rings is 1. The predicted octanol–water partition coefficient (Wildman–Crippen LogP) is 3.12. The Morgan fingerprint density at radius 3 is 2.27 bits per heavy atom. The van der Waals surface area contributed by atoms with Gasteiger partial charge in [-0.25, -0.2) is 8.42 Å². The molecule has 0 bridgehead atoms. The fraction of sp³-hybridized carbons (Fsp3) is 0.368. The Hall–Kier alpha value is -1.60. The summed E-state index contributed by atoms with van der Waals surface area (Å²) in [4.78, 5) is 2.46. The first kappa shape index (κ1) is 19.2. The highest BCUT2D eigenvalue weighted by molar-refractivity contribution is 7.89. The summed E-state index contributed by atoms with van der Waals surface area (Å²) in [7, 11) is -3.53. The van der Waals surface area contributed by atoms with Gasteiger partial charge in [-0.2, -0.15) is 4.31 Å². The average Bonchev–Trinajstić information content (AvgIpc) is 2.67. The third-order valence-corrected chi connectivity index (χ3v) is 6.81. The van der Waals surface area contributed by atoms with Crippen molar-refractivity contribution in [1.82, 2.24) is 9.21 Å². The SMILES string of the molecule is O=S(=O)(c1ccccc1Cl)N1CCN(CCCOc2ccccc2)CC1. The summed E-state index contributed by atoms with van der Waals surface area (Å²) >= 11 is 6.06. The van der Waals surface area contributed by atoms with Crippen LogP contribution in [-0.2, 0) is 10.0 Å².